The number of piperazine rings is 1. The molecule has 7 nitrogen and oxygen atoms in total. The molecule has 2 aromatic carbocycles. The van der Waals surface area contributed by atoms with E-state index in [9.17, 15) is 27.3 Å². The Morgan fingerprint density at radius 1 is 1.04 bits per heavy atom. The van der Waals surface area contributed by atoms with Crippen molar-refractivity contribution >= 4 is 27.5 Å². The van der Waals surface area contributed by atoms with Gasteiger partial charge >= 0.3 is 0 Å². The van der Waals surface area contributed by atoms with Gasteiger partial charge in [-0.1, -0.05) is 11.8 Å². The van der Waals surface area contributed by atoms with E-state index in [4.69, 9.17) is 0 Å². The van der Waals surface area contributed by atoms with Crippen LogP contribution in [0.15, 0.2) is 51.1 Å². The Morgan fingerprint density at radius 2 is 1.68 bits per heavy atom. The lowest BCUT2D eigenvalue weighted by Gasteiger charge is -2.31. The largest absolute Gasteiger partial charge is 0.304 e. The lowest BCUT2D eigenvalue weighted by molar-refractivity contribution is -0.388. The van der Waals surface area contributed by atoms with Crippen LogP contribution in [-0.2, 0) is 10.0 Å². The maximum Gasteiger partial charge on any atom is 0.284 e. The van der Waals surface area contributed by atoms with Crippen molar-refractivity contribution in [3.05, 3.63) is 58.1 Å². The minimum absolute atomic E-state index is 0.000764. The van der Waals surface area contributed by atoms with E-state index in [0.717, 1.165) is 23.9 Å². The van der Waals surface area contributed by atoms with Crippen LogP contribution in [0.3, 0.4) is 0 Å². The van der Waals surface area contributed by atoms with Crippen molar-refractivity contribution in [1.82, 2.24) is 9.21 Å². The highest BCUT2D eigenvalue weighted by Crippen LogP contribution is 2.37. The Morgan fingerprint density at radius 3 is 2.29 bits per heavy atom. The molecule has 0 saturated carbocycles. The lowest BCUT2D eigenvalue weighted by Crippen LogP contribution is -2.47. The van der Waals surface area contributed by atoms with E-state index in [0.29, 0.717) is 32.2 Å². The van der Waals surface area contributed by atoms with Crippen LogP contribution in [0.25, 0.3) is 0 Å². The average molecular weight is 429 g/mol. The number of likely N-dealkylation sites (N-methyl/N-ethyl adjacent to an activating group) is 1. The standard InChI is InChI=1S/C17H17F2N3O4S2/c1-20-6-8-21(9-7-20)28(25,26)13-3-5-17(15(11-13)22(23)24)27-16-4-2-12(18)10-14(16)19/h2-5,10-11H,6-9H2,1H3. The van der Waals surface area contributed by atoms with Crippen molar-refractivity contribution < 1.29 is 22.1 Å². The minimum atomic E-state index is -3.88. The Labute approximate surface area is 165 Å². The normalized spacial score (nSPS) is 16.2. The van der Waals surface area contributed by atoms with Gasteiger partial charge in [-0.2, -0.15) is 4.31 Å². The Kier molecular flexibility index (Phi) is 5.98. The van der Waals surface area contributed by atoms with E-state index >= 15 is 0 Å². The molecule has 1 aliphatic rings. The molecule has 0 spiro atoms. The second-order valence-corrected chi connectivity index (χ2v) is 9.29. The number of halogens is 2. The molecule has 0 radical (unpaired) electrons. The molecule has 11 heteroatoms. The fourth-order valence-corrected chi connectivity index (χ4v) is 5.09. The maximum absolute atomic E-state index is 13.9. The molecule has 0 atom stereocenters. The van der Waals surface area contributed by atoms with E-state index < -0.39 is 32.3 Å². The third-order valence-corrected chi connectivity index (χ3v) is 7.35. The third-order valence-electron chi connectivity index (χ3n) is 4.34. The van der Waals surface area contributed by atoms with Crippen molar-refractivity contribution in [1.29, 1.82) is 0 Å². The number of rotatable bonds is 5. The summed E-state index contributed by atoms with van der Waals surface area (Å²) in [5, 5.41) is 11.5. The van der Waals surface area contributed by atoms with Crippen LogP contribution in [0.5, 0.6) is 0 Å². The van der Waals surface area contributed by atoms with E-state index in [1.54, 1.807) is 0 Å². The summed E-state index contributed by atoms with van der Waals surface area (Å²) in [5.74, 6) is -1.61. The number of nitrogens with zero attached hydrogens (tertiary/aromatic N) is 3. The molecule has 3 rings (SSSR count). The number of nitro groups is 1. The summed E-state index contributed by atoms with van der Waals surface area (Å²) >= 11 is 0.735. The molecule has 0 bridgehead atoms. The Hall–Kier alpha value is -2.08. The van der Waals surface area contributed by atoms with Gasteiger partial charge in [0.1, 0.15) is 11.6 Å². The molecular formula is C17H17F2N3O4S2. The van der Waals surface area contributed by atoms with Gasteiger partial charge in [0.2, 0.25) is 10.0 Å². The predicted molar refractivity (Wildman–Crippen MR) is 99.8 cm³/mol. The maximum atomic E-state index is 13.9. The number of hydrogen-bond acceptors (Lipinski definition) is 6. The molecule has 1 aliphatic heterocycles. The van der Waals surface area contributed by atoms with Crippen LogP contribution in [-0.4, -0.2) is 55.8 Å². The Bertz CT molecular complexity index is 1010. The molecule has 0 aromatic heterocycles. The molecular weight excluding hydrogens is 412 g/mol. The summed E-state index contributed by atoms with van der Waals surface area (Å²) in [5.41, 5.74) is -0.455. The van der Waals surface area contributed by atoms with Gasteiger partial charge in [-0.25, -0.2) is 17.2 Å². The molecule has 1 heterocycles. The molecule has 2 aromatic rings. The number of nitro benzene ring substituents is 1. The summed E-state index contributed by atoms with van der Waals surface area (Å²) in [4.78, 5) is 12.6. The van der Waals surface area contributed by atoms with Crippen molar-refractivity contribution in [3.63, 3.8) is 0 Å². The first-order chi connectivity index (χ1) is 13.2. The zero-order chi connectivity index (χ0) is 20.5. The second kappa shape index (κ2) is 8.11. The van der Waals surface area contributed by atoms with Crippen LogP contribution >= 0.6 is 11.8 Å². The first-order valence-corrected chi connectivity index (χ1v) is 10.5. The SMILES string of the molecule is CN1CCN(S(=O)(=O)c2ccc(Sc3ccc(F)cc3F)c([N+](=O)[O-])c2)CC1. The zero-order valence-electron chi connectivity index (χ0n) is 14.8. The highest BCUT2D eigenvalue weighted by molar-refractivity contribution is 7.99. The highest BCUT2D eigenvalue weighted by atomic mass is 32.2. The van der Waals surface area contributed by atoms with E-state index in [1.165, 1.54) is 22.5 Å². The zero-order valence-corrected chi connectivity index (χ0v) is 16.5. The molecule has 150 valence electrons. The summed E-state index contributed by atoms with van der Waals surface area (Å²) in [6, 6.07) is 6.42. The van der Waals surface area contributed by atoms with Crippen LogP contribution in [0, 0.1) is 21.7 Å². The van der Waals surface area contributed by atoms with E-state index in [2.05, 4.69) is 0 Å². The molecule has 0 aliphatic carbocycles. The summed E-state index contributed by atoms with van der Waals surface area (Å²) in [6.45, 7) is 1.73. The first kappa shape index (κ1) is 20.6. The van der Waals surface area contributed by atoms with Crippen molar-refractivity contribution in [2.24, 2.45) is 0 Å². The smallest absolute Gasteiger partial charge is 0.284 e. The van der Waals surface area contributed by atoms with Gasteiger partial charge in [-0.05, 0) is 31.3 Å². The van der Waals surface area contributed by atoms with Crippen LogP contribution < -0.4 is 0 Å². The molecule has 28 heavy (non-hydrogen) atoms. The summed E-state index contributed by atoms with van der Waals surface area (Å²) in [7, 11) is -1.99. The van der Waals surface area contributed by atoms with Gasteiger partial charge < -0.3 is 4.90 Å². The molecule has 0 amide bonds. The van der Waals surface area contributed by atoms with Gasteiger partial charge in [0, 0.05) is 43.2 Å². The van der Waals surface area contributed by atoms with Crippen molar-refractivity contribution in [2.45, 2.75) is 14.7 Å². The summed E-state index contributed by atoms with van der Waals surface area (Å²) in [6.07, 6.45) is 0. The third kappa shape index (κ3) is 4.32. The predicted octanol–water partition coefficient (Wildman–Crippen LogP) is 2.96. The molecule has 1 fully saturated rings. The van der Waals surface area contributed by atoms with Crippen LogP contribution in [0.1, 0.15) is 0 Å². The lowest BCUT2D eigenvalue weighted by atomic mass is 10.3. The number of sulfonamides is 1. The molecule has 0 N–H and O–H groups in total. The number of benzene rings is 2. The van der Waals surface area contributed by atoms with Gasteiger partial charge in [-0.15, -0.1) is 0 Å². The molecule has 0 unspecified atom stereocenters. The van der Waals surface area contributed by atoms with Crippen molar-refractivity contribution in [3.8, 4) is 0 Å². The summed E-state index contributed by atoms with van der Waals surface area (Å²) < 4.78 is 53.8. The van der Waals surface area contributed by atoms with Gasteiger partial charge in [0.25, 0.3) is 5.69 Å². The first-order valence-electron chi connectivity index (χ1n) is 8.28. The highest BCUT2D eigenvalue weighted by Gasteiger charge is 2.30. The fraction of sp³-hybridized carbons (Fsp3) is 0.294. The fourth-order valence-electron chi connectivity index (χ4n) is 2.74. The van der Waals surface area contributed by atoms with Crippen molar-refractivity contribution in [2.75, 3.05) is 33.2 Å². The van der Waals surface area contributed by atoms with Gasteiger partial charge in [0.05, 0.1) is 14.7 Å². The van der Waals surface area contributed by atoms with Gasteiger partial charge in [-0.3, -0.25) is 10.1 Å². The second-order valence-electron chi connectivity index (χ2n) is 6.27. The van der Waals surface area contributed by atoms with Crippen LogP contribution in [0.2, 0.25) is 0 Å². The van der Waals surface area contributed by atoms with Gasteiger partial charge in [0.15, 0.2) is 0 Å². The quantitative estimate of drug-likeness (QED) is 0.537. The average Bonchev–Trinajstić information content (AvgIpc) is 2.64. The van der Waals surface area contributed by atoms with E-state index in [-0.39, 0.29) is 14.7 Å². The molecule has 1 saturated heterocycles. The topological polar surface area (TPSA) is 83.8 Å². The monoisotopic (exact) mass is 429 g/mol. The number of hydrogen-bond donors (Lipinski definition) is 0. The van der Waals surface area contributed by atoms with E-state index in [1.807, 2.05) is 11.9 Å². The minimum Gasteiger partial charge on any atom is -0.304 e. The Balaban J connectivity index is 1.94. The van der Waals surface area contributed by atoms with Crippen LogP contribution in [0.4, 0.5) is 14.5 Å².